The van der Waals surface area contributed by atoms with Crippen molar-refractivity contribution in [2.45, 2.75) is 19.9 Å². The Balaban J connectivity index is 1.80. The van der Waals surface area contributed by atoms with Crippen LogP contribution in [0.25, 0.3) is 11.3 Å². The fourth-order valence-corrected chi connectivity index (χ4v) is 2.28. The first kappa shape index (κ1) is 13.4. The van der Waals surface area contributed by atoms with Gasteiger partial charge < -0.3 is 5.32 Å². The molecule has 0 aliphatic heterocycles. The van der Waals surface area contributed by atoms with Crippen molar-refractivity contribution < 1.29 is 0 Å². The van der Waals surface area contributed by atoms with Crippen molar-refractivity contribution in [3.8, 4) is 11.3 Å². The molecule has 0 amide bonds. The van der Waals surface area contributed by atoms with Crippen molar-refractivity contribution in [3.05, 3.63) is 66.0 Å². The number of rotatable bonds is 4. The number of aromatic nitrogens is 3. The molecule has 2 heterocycles. The van der Waals surface area contributed by atoms with Gasteiger partial charge in [0.05, 0.1) is 5.69 Å². The van der Waals surface area contributed by atoms with Crippen LogP contribution in [0.5, 0.6) is 0 Å². The maximum atomic E-state index is 4.39. The average molecular weight is 278 g/mol. The van der Waals surface area contributed by atoms with Crippen molar-refractivity contribution >= 4 is 5.82 Å². The van der Waals surface area contributed by atoms with E-state index in [9.17, 15) is 0 Å². The van der Waals surface area contributed by atoms with Crippen LogP contribution in [-0.4, -0.2) is 15.2 Å². The summed E-state index contributed by atoms with van der Waals surface area (Å²) in [4.78, 5) is 4.39. The molecular formula is C17H18N4. The third-order valence-electron chi connectivity index (χ3n) is 3.43. The van der Waals surface area contributed by atoms with Crippen molar-refractivity contribution in [3.63, 3.8) is 0 Å². The SMILES string of the molecule is Cc1cc(-c2ccnc(N[C@@H](C)c3ccccc3)c2)n[nH]1. The van der Waals surface area contributed by atoms with Crippen LogP contribution in [0.2, 0.25) is 0 Å². The standard InChI is InChI=1S/C17H18N4/c1-12-10-16(21-20-12)15-8-9-18-17(11-15)19-13(2)14-6-4-3-5-7-14/h3-11,13H,1-2H3,(H,18,19)(H,20,21)/t13-/m0/s1. The lowest BCUT2D eigenvalue weighted by Crippen LogP contribution is -2.07. The number of hydrogen-bond acceptors (Lipinski definition) is 3. The van der Waals surface area contributed by atoms with Crippen LogP contribution < -0.4 is 5.32 Å². The van der Waals surface area contributed by atoms with Crippen LogP contribution in [0, 0.1) is 6.92 Å². The van der Waals surface area contributed by atoms with Gasteiger partial charge in [-0.05, 0) is 37.6 Å². The number of pyridine rings is 1. The first-order valence-corrected chi connectivity index (χ1v) is 7.02. The molecule has 0 saturated carbocycles. The second-order valence-electron chi connectivity index (χ2n) is 5.14. The van der Waals surface area contributed by atoms with E-state index in [1.807, 2.05) is 43.3 Å². The highest BCUT2D eigenvalue weighted by atomic mass is 15.1. The molecule has 4 heteroatoms. The largest absolute Gasteiger partial charge is 0.364 e. The van der Waals surface area contributed by atoms with Gasteiger partial charge in [0.15, 0.2) is 0 Å². The van der Waals surface area contributed by atoms with Gasteiger partial charge in [0, 0.05) is 23.5 Å². The second kappa shape index (κ2) is 5.79. The zero-order valence-electron chi connectivity index (χ0n) is 12.2. The third-order valence-corrected chi connectivity index (χ3v) is 3.43. The summed E-state index contributed by atoms with van der Waals surface area (Å²) >= 11 is 0. The van der Waals surface area contributed by atoms with E-state index in [0.29, 0.717) is 0 Å². The highest BCUT2D eigenvalue weighted by molar-refractivity contribution is 5.63. The third kappa shape index (κ3) is 3.11. The minimum atomic E-state index is 0.204. The molecule has 1 aromatic carbocycles. The van der Waals surface area contributed by atoms with Gasteiger partial charge in [0.25, 0.3) is 0 Å². The molecule has 4 nitrogen and oxygen atoms in total. The fourth-order valence-electron chi connectivity index (χ4n) is 2.28. The van der Waals surface area contributed by atoms with Crippen molar-refractivity contribution in [1.82, 2.24) is 15.2 Å². The zero-order valence-corrected chi connectivity index (χ0v) is 12.2. The monoisotopic (exact) mass is 278 g/mol. The summed E-state index contributed by atoms with van der Waals surface area (Å²) in [7, 11) is 0. The Kier molecular flexibility index (Phi) is 3.69. The van der Waals surface area contributed by atoms with E-state index in [4.69, 9.17) is 0 Å². The number of aryl methyl sites for hydroxylation is 1. The maximum Gasteiger partial charge on any atom is 0.127 e. The number of H-pyrrole nitrogens is 1. The molecule has 21 heavy (non-hydrogen) atoms. The smallest absolute Gasteiger partial charge is 0.127 e. The minimum absolute atomic E-state index is 0.204. The Morgan fingerprint density at radius 1 is 1.10 bits per heavy atom. The molecule has 1 atom stereocenters. The highest BCUT2D eigenvalue weighted by Crippen LogP contribution is 2.22. The fraction of sp³-hybridized carbons (Fsp3) is 0.176. The van der Waals surface area contributed by atoms with Gasteiger partial charge in [0.1, 0.15) is 5.82 Å². The van der Waals surface area contributed by atoms with Gasteiger partial charge >= 0.3 is 0 Å². The molecule has 0 fully saturated rings. The van der Waals surface area contributed by atoms with Crippen LogP contribution in [0.3, 0.4) is 0 Å². The number of benzene rings is 1. The molecule has 106 valence electrons. The molecule has 0 spiro atoms. The summed E-state index contributed by atoms with van der Waals surface area (Å²) in [5.41, 5.74) is 4.27. The summed E-state index contributed by atoms with van der Waals surface area (Å²) < 4.78 is 0. The topological polar surface area (TPSA) is 53.6 Å². The number of anilines is 1. The van der Waals surface area contributed by atoms with Crippen LogP contribution in [0.4, 0.5) is 5.82 Å². The maximum absolute atomic E-state index is 4.39. The van der Waals surface area contributed by atoms with E-state index in [0.717, 1.165) is 22.8 Å². The lowest BCUT2D eigenvalue weighted by Gasteiger charge is -2.15. The number of nitrogens with zero attached hydrogens (tertiary/aromatic N) is 2. The van der Waals surface area contributed by atoms with E-state index in [-0.39, 0.29) is 6.04 Å². The van der Waals surface area contributed by atoms with Crippen molar-refractivity contribution in [1.29, 1.82) is 0 Å². The van der Waals surface area contributed by atoms with E-state index in [1.165, 1.54) is 5.56 Å². The number of nitrogens with one attached hydrogen (secondary N) is 2. The summed E-state index contributed by atoms with van der Waals surface area (Å²) in [5.74, 6) is 0.851. The van der Waals surface area contributed by atoms with Crippen molar-refractivity contribution in [2.24, 2.45) is 0 Å². The molecule has 3 rings (SSSR count). The molecule has 2 aromatic heterocycles. The second-order valence-corrected chi connectivity index (χ2v) is 5.14. The first-order chi connectivity index (χ1) is 10.2. The Hall–Kier alpha value is -2.62. The van der Waals surface area contributed by atoms with Crippen LogP contribution in [0.1, 0.15) is 24.2 Å². The predicted molar refractivity (Wildman–Crippen MR) is 85.0 cm³/mol. The molecule has 2 N–H and O–H groups in total. The normalized spacial score (nSPS) is 12.1. The van der Waals surface area contributed by atoms with Crippen molar-refractivity contribution in [2.75, 3.05) is 5.32 Å². The zero-order chi connectivity index (χ0) is 14.7. The molecule has 0 aliphatic carbocycles. The summed E-state index contributed by atoms with van der Waals surface area (Å²) in [6.45, 7) is 4.12. The lowest BCUT2D eigenvalue weighted by molar-refractivity contribution is 0.875. The molecule has 0 bridgehead atoms. The van der Waals surface area contributed by atoms with Gasteiger partial charge in [0.2, 0.25) is 0 Å². The molecule has 3 aromatic rings. The quantitative estimate of drug-likeness (QED) is 0.759. The first-order valence-electron chi connectivity index (χ1n) is 7.02. The van der Waals surface area contributed by atoms with Gasteiger partial charge in [-0.2, -0.15) is 5.10 Å². The minimum Gasteiger partial charge on any atom is -0.364 e. The van der Waals surface area contributed by atoms with Crippen LogP contribution in [0.15, 0.2) is 54.7 Å². The Morgan fingerprint density at radius 3 is 2.62 bits per heavy atom. The van der Waals surface area contributed by atoms with E-state index >= 15 is 0 Å². The average Bonchev–Trinajstić information content (AvgIpc) is 2.95. The highest BCUT2D eigenvalue weighted by Gasteiger charge is 2.07. The summed E-state index contributed by atoms with van der Waals surface area (Å²) in [6, 6.07) is 16.6. The van der Waals surface area contributed by atoms with Gasteiger partial charge in [-0.3, -0.25) is 5.10 Å². The number of hydrogen-bond donors (Lipinski definition) is 2. The molecule has 0 unspecified atom stereocenters. The number of aromatic amines is 1. The van der Waals surface area contributed by atoms with Crippen LogP contribution >= 0.6 is 0 Å². The Bertz CT molecular complexity index is 718. The molecule has 0 saturated heterocycles. The van der Waals surface area contributed by atoms with Gasteiger partial charge in [-0.1, -0.05) is 30.3 Å². The summed E-state index contributed by atoms with van der Waals surface area (Å²) in [6.07, 6.45) is 1.80. The van der Waals surface area contributed by atoms with E-state index < -0.39 is 0 Å². The van der Waals surface area contributed by atoms with Gasteiger partial charge in [-0.15, -0.1) is 0 Å². The molecule has 0 radical (unpaired) electrons. The molecule has 0 aliphatic rings. The predicted octanol–water partition coefficient (Wildman–Crippen LogP) is 3.95. The Labute approximate surface area is 124 Å². The van der Waals surface area contributed by atoms with E-state index in [1.54, 1.807) is 6.20 Å². The van der Waals surface area contributed by atoms with Gasteiger partial charge in [-0.25, -0.2) is 4.98 Å². The Morgan fingerprint density at radius 2 is 1.90 bits per heavy atom. The lowest BCUT2D eigenvalue weighted by atomic mass is 10.1. The van der Waals surface area contributed by atoms with Crippen LogP contribution in [-0.2, 0) is 0 Å². The molecular weight excluding hydrogens is 260 g/mol. The summed E-state index contributed by atoms with van der Waals surface area (Å²) in [5, 5.41) is 10.7. The van der Waals surface area contributed by atoms with E-state index in [2.05, 4.69) is 39.6 Å².